The van der Waals surface area contributed by atoms with Crippen molar-refractivity contribution in [3.63, 3.8) is 0 Å². The Morgan fingerprint density at radius 3 is 2.44 bits per heavy atom. The number of aromatic nitrogens is 2. The summed E-state index contributed by atoms with van der Waals surface area (Å²) in [6, 6.07) is 10.8. The third-order valence-corrected chi connectivity index (χ3v) is 3.24. The molecule has 4 nitrogen and oxygen atoms in total. The SMILES string of the molecule is O=C(O)Cc1ccc(Sc2ccc(Cl)nn2)cc1. The van der Waals surface area contributed by atoms with Crippen molar-refractivity contribution in [2.75, 3.05) is 0 Å². The van der Waals surface area contributed by atoms with Crippen LogP contribution in [0.25, 0.3) is 0 Å². The molecule has 92 valence electrons. The Kier molecular flexibility index (Phi) is 4.17. The van der Waals surface area contributed by atoms with Gasteiger partial charge in [0.2, 0.25) is 0 Å². The van der Waals surface area contributed by atoms with E-state index in [4.69, 9.17) is 16.7 Å². The van der Waals surface area contributed by atoms with E-state index in [1.54, 1.807) is 24.3 Å². The zero-order valence-corrected chi connectivity index (χ0v) is 10.8. The minimum absolute atomic E-state index is 0.0334. The number of benzene rings is 1. The van der Waals surface area contributed by atoms with Crippen molar-refractivity contribution in [2.24, 2.45) is 0 Å². The van der Waals surface area contributed by atoms with Gasteiger partial charge in [-0.3, -0.25) is 4.79 Å². The van der Waals surface area contributed by atoms with Crippen LogP contribution >= 0.6 is 23.4 Å². The minimum Gasteiger partial charge on any atom is -0.481 e. The molecule has 2 aromatic rings. The highest BCUT2D eigenvalue weighted by molar-refractivity contribution is 7.99. The van der Waals surface area contributed by atoms with E-state index in [0.717, 1.165) is 15.5 Å². The fourth-order valence-corrected chi connectivity index (χ4v) is 2.16. The molecule has 0 aliphatic heterocycles. The lowest BCUT2D eigenvalue weighted by Gasteiger charge is -2.01. The molecule has 0 aliphatic rings. The van der Waals surface area contributed by atoms with E-state index in [1.165, 1.54) is 11.8 Å². The van der Waals surface area contributed by atoms with Crippen molar-refractivity contribution in [3.05, 3.63) is 47.1 Å². The van der Waals surface area contributed by atoms with Crippen LogP contribution in [0.15, 0.2) is 46.3 Å². The zero-order valence-electron chi connectivity index (χ0n) is 9.21. The second kappa shape index (κ2) is 5.84. The summed E-state index contributed by atoms with van der Waals surface area (Å²) in [5.74, 6) is -0.834. The van der Waals surface area contributed by atoms with Gasteiger partial charge in [0.25, 0.3) is 0 Å². The molecule has 0 fully saturated rings. The minimum atomic E-state index is -0.834. The van der Waals surface area contributed by atoms with Crippen molar-refractivity contribution in [3.8, 4) is 0 Å². The molecule has 1 aromatic carbocycles. The average molecular weight is 281 g/mol. The summed E-state index contributed by atoms with van der Waals surface area (Å²) in [6.45, 7) is 0. The summed E-state index contributed by atoms with van der Waals surface area (Å²) in [7, 11) is 0. The second-order valence-electron chi connectivity index (χ2n) is 3.51. The normalized spacial score (nSPS) is 10.3. The van der Waals surface area contributed by atoms with Crippen LogP contribution in [0.2, 0.25) is 5.15 Å². The van der Waals surface area contributed by atoms with Crippen molar-refractivity contribution in [2.45, 2.75) is 16.3 Å². The molecule has 0 atom stereocenters. The first-order valence-electron chi connectivity index (χ1n) is 5.11. The molecule has 0 aliphatic carbocycles. The lowest BCUT2D eigenvalue weighted by atomic mass is 10.2. The Balaban J connectivity index is 2.06. The van der Waals surface area contributed by atoms with Crippen LogP contribution in [0.5, 0.6) is 0 Å². The molecule has 6 heteroatoms. The maximum absolute atomic E-state index is 10.5. The van der Waals surface area contributed by atoms with Gasteiger partial charge in [0.05, 0.1) is 6.42 Å². The number of aliphatic carboxylic acids is 1. The largest absolute Gasteiger partial charge is 0.481 e. The van der Waals surface area contributed by atoms with Crippen LogP contribution in [0.3, 0.4) is 0 Å². The van der Waals surface area contributed by atoms with Crippen LogP contribution < -0.4 is 0 Å². The molecule has 0 bridgehead atoms. The van der Waals surface area contributed by atoms with Gasteiger partial charge in [0, 0.05) is 4.90 Å². The standard InChI is InChI=1S/C12H9ClN2O2S/c13-10-5-6-11(15-14-10)18-9-3-1-8(2-4-9)7-12(16)17/h1-6H,7H2,(H,16,17). The number of hydrogen-bond acceptors (Lipinski definition) is 4. The summed E-state index contributed by atoms with van der Waals surface area (Å²) in [6.07, 6.45) is 0.0334. The number of carboxylic acid groups (broad SMARTS) is 1. The van der Waals surface area contributed by atoms with Gasteiger partial charge in [0.1, 0.15) is 5.03 Å². The van der Waals surface area contributed by atoms with Crippen molar-refractivity contribution in [1.82, 2.24) is 10.2 Å². The predicted molar refractivity (Wildman–Crippen MR) is 68.9 cm³/mol. The summed E-state index contributed by atoms with van der Waals surface area (Å²) in [4.78, 5) is 11.5. The maximum atomic E-state index is 10.5. The Bertz CT molecular complexity index is 543. The van der Waals surface area contributed by atoms with E-state index in [9.17, 15) is 4.79 Å². The van der Waals surface area contributed by atoms with E-state index in [-0.39, 0.29) is 6.42 Å². The van der Waals surface area contributed by atoms with Crippen molar-refractivity contribution in [1.29, 1.82) is 0 Å². The van der Waals surface area contributed by atoms with Gasteiger partial charge in [-0.05, 0) is 29.8 Å². The predicted octanol–water partition coefficient (Wildman–Crippen LogP) is 2.91. The molecule has 0 unspecified atom stereocenters. The Morgan fingerprint density at radius 1 is 1.17 bits per heavy atom. The number of hydrogen-bond donors (Lipinski definition) is 1. The highest BCUT2D eigenvalue weighted by Crippen LogP contribution is 2.26. The van der Waals surface area contributed by atoms with Gasteiger partial charge in [0.15, 0.2) is 5.15 Å². The van der Waals surface area contributed by atoms with E-state index in [2.05, 4.69) is 10.2 Å². The van der Waals surface area contributed by atoms with Crippen LogP contribution in [0.4, 0.5) is 0 Å². The van der Waals surface area contributed by atoms with Gasteiger partial charge in [-0.15, -0.1) is 10.2 Å². The Morgan fingerprint density at radius 2 is 1.89 bits per heavy atom. The third kappa shape index (κ3) is 3.72. The molecule has 1 heterocycles. The second-order valence-corrected chi connectivity index (χ2v) is 4.99. The summed E-state index contributed by atoms with van der Waals surface area (Å²) in [5.41, 5.74) is 0.772. The van der Waals surface area contributed by atoms with Crippen LogP contribution in [-0.4, -0.2) is 21.3 Å². The number of carboxylic acids is 1. The first-order valence-corrected chi connectivity index (χ1v) is 6.31. The van der Waals surface area contributed by atoms with Crippen molar-refractivity contribution < 1.29 is 9.90 Å². The molecular formula is C12H9ClN2O2S. The highest BCUT2D eigenvalue weighted by atomic mass is 35.5. The van der Waals surface area contributed by atoms with Crippen LogP contribution in [0.1, 0.15) is 5.56 Å². The number of nitrogens with zero attached hydrogens (tertiary/aromatic N) is 2. The third-order valence-electron chi connectivity index (χ3n) is 2.11. The monoisotopic (exact) mass is 280 g/mol. The quantitative estimate of drug-likeness (QED) is 0.933. The number of halogens is 1. The van der Waals surface area contributed by atoms with Gasteiger partial charge in [-0.2, -0.15) is 0 Å². The number of rotatable bonds is 4. The Hall–Kier alpha value is -1.59. The van der Waals surface area contributed by atoms with Gasteiger partial charge >= 0.3 is 5.97 Å². The summed E-state index contributed by atoms with van der Waals surface area (Å²) >= 11 is 7.09. The molecular weight excluding hydrogens is 272 g/mol. The van der Waals surface area contributed by atoms with E-state index in [1.807, 2.05) is 12.1 Å². The lowest BCUT2D eigenvalue weighted by Crippen LogP contribution is -1.99. The molecule has 0 saturated carbocycles. The highest BCUT2D eigenvalue weighted by Gasteiger charge is 2.02. The van der Waals surface area contributed by atoms with Crippen molar-refractivity contribution >= 4 is 29.3 Å². The topological polar surface area (TPSA) is 63.1 Å². The molecule has 0 radical (unpaired) electrons. The first-order chi connectivity index (χ1) is 8.63. The maximum Gasteiger partial charge on any atom is 0.307 e. The smallest absolute Gasteiger partial charge is 0.307 e. The van der Waals surface area contributed by atoms with E-state index in [0.29, 0.717) is 5.15 Å². The molecule has 1 aromatic heterocycles. The number of carbonyl (C=O) groups is 1. The lowest BCUT2D eigenvalue weighted by molar-refractivity contribution is -0.136. The average Bonchev–Trinajstić information content (AvgIpc) is 2.34. The molecule has 2 rings (SSSR count). The molecule has 0 spiro atoms. The van der Waals surface area contributed by atoms with E-state index < -0.39 is 5.97 Å². The molecule has 1 N–H and O–H groups in total. The van der Waals surface area contributed by atoms with E-state index >= 15 is 0 Å². The van der Waals surface area contributed by atoms with Gasteiger partial charge in [-0.25, -0.2) is 0 Å². The molecule has 18 heavy (non-hydrogen) atoms. The van der Waals surface area contributed by atoms with Crippen LogP contribution in [-0.2, 0) is 11.2 Å². The molecule has 0 amide bonds. The van der Waals surface area contributed by atoms with Gasteiger partial charge in [-0.1, -0.05) is 35.5 Å². The summed E-state index contributed by atoms with van der Waals surface area (Å²) < 4.78 is 0. The van der Waals surface area contributed by atoms with Gasteiger partial charge < -0.3 is 5.11 Å². The fourth-order valence-electron chi connectivity index (χ4n) is 1.33. The fraction of sp³-hybridized carbons (Fsp3) is 0.0833. The van der Waals surface area contributed by atoms with Crippen LogP contribution in [0, 0.1) is 0 Å². The Labute approximate surface area is 113 Å². The summed E-state index contributed by atoms with van der Waals surface area (Å²) in [5, 5.41) is 17.4. The molecule has 0 saturated heterocycles. The zero-order chi connectivity index (χ0) is 13.0. The first kappa shape index (κ1) is 12.9.